The van der Waals surface area contributed by atoms with E-state index in [9.17, 15) is 4.39 Å². The second-order valence-corrected chi connectivity index (χ2v) is 5.15. The van der Waals surface area contributed by atoms with Crippen LogP contribution in [0.4, 0.5) is 27.1 Å². The van der Waals surface area contributed by atoms with Gasteiger partial charge in [0.25, 0.3) is 0 Å². The van der Waals surface area contributed by atoms with Crippen molar-refractivity contribution in [1.82, 2.24) is 4.48 Å². The first kappa shape index (κ1) is 12.0. The van der Waals surface area contributed by atoms with Crippen molar-refractivity contribution >= 4 is 22.7 Å². The average Bonchev–Trinajstić information content (AvgIpc) is 2.64. The molecule has 1 aliphatic heterocycles. The number of nitrogens with one attached hydrogen (secondary N) is 1. The molecule has 0 amide bonds. The van der Waals surface area contributed by atoms with Gasteiger partial charge in [0.05, 0.1) is 7.05 Å². The molecule has 98 valence electrons. The third-order valence-electron chi connectivity index (χ3n) is 4.02. The van der Waals surface area contributed by atoms with E-state index < -0.39 is 0 Å². The van der Waals surface area contributed by atoms with E-state index in [0.29, 0.717) is 4.48 Å². The molecule has 1 aliphatic rings. The maximum atomic E-state index is 13.1. The number of nitrogens with two attached hydrogens (primary N) is 1. The zero-order valence-corrected chi connectivity index (χ0v) is 11.0. The molecule has 2 unspecified atom stereocenters. The normalized spacial score (nSPS) is 24.9. The molecule has 2 aromatic carbocycles. The molecule has 2 aromatic rings. The molecule has 3 N–H and O–H groups in total. The van der Waals surface area contributed by atoms with Crippen LogP contribution in [0.25, 0.3) is 0 Å². The van der Waals surface area contributed by atoms with Gasteiger partial charge in [0, 0.05) is 30.8 Å². The van der Waals surface area contributed by atoms with Crippen LogP contribution >= 0.6 is 0 Å². The summed E-state index contributed by atoms with van der Waals surface area (Å²) in [5.74, 6) is -0.219. The maximum absolute atomic E-state index is 13.1. The predicted octanol–water partition coefficient (Wildman–Crippen LogP) is 3.45. The molecule has 3 nitrogen and oxygen atoms in total. The van der Waals surface area contributed by atoms with Gasteiger partial charge in [-0.1, -0.05) is 0 Å². The Morgan fingerprint density at radius 2 is 1.84 bits per heavy atom. The molecule has 0 radical (unpaired) electrons. The standard InChI is InChI=1S/C15H17FN3/c1-10-18-14-8-5-12(17)9-15(14)19(10,2)13-6-3-11(16)4-7-13/h3-10,18H,17H2,1-2H3/q+1. The summed E-state index contributed by atoms with van der Waals surface area (Å²) in [5.41, 5.74) is 9.86. The summed E-state index contributed by atoms with van der Waals surface area (Å²) < 4.78 is 13.7. The van der Waals surface area contributed by atoms with Gasteiger partial charge in [-0.15, -0.1) is 0 Å². The van der Waals surface area contributed by atoms with E-state index in [1.54, 1.807) is 0 Å². The van der Waals surface area contributed by atoms with Crippen LogP contribution in [0, 0.1) is 5.82 Å². The number of rotatable bonds is 1. The Balaban J connectivity index is 2.18. The van der Waals surface area contributed by atoms with Crippen molar-refractivity contribution in [1.29, 1.82) is 0 Å². The summed E-state index contributed by atoms with van der Waals surface area (Å²) in [6, 6.07) is 12.5. The van der Waals surface area contributed by atoms with Crippen LogP contribution in [0.15, 0.2) is 42.5 Å². The van der Waals surface area contributed by atoms with Gasteiger partial charge >= 0.3 is 0 Å². The summed E-state index contributed by atoms with van der Waals surface area (Å²) in [5, 5.41) is 3.45. The van der Waals surface area contributed by atoms with Crippen LogP contribution in [0.1, 0.15) is 6.92 Å². The van der Waals surface area contributed by atoms with Gasteiger partial charge < -0.3 is 11.1 Å². The summed E-state index contributed by atoms with van der Waals surface area (Å²) in [7, 11) is 2.11. The lowest BCUT2D eigenvalue weighted by Gasteiger charge is -2.33. The minimum absolute atomic E-state index is 0.169. The number of nitrogens with zero attached hydrogens (tertiary/aromatic N) is 1. The zero-order valence-electron chi connectivity index (χ0n) is 11.0. The van der Waals surface area contributed by atoms with Gasteiger partial charge in [-0.25, -0.2) is 8.87 Å². The highest BCUT2D eigenvalue weighted by Crippen LogP contribution is 2.46. The summed E-state index contributed by atoms with van der Waals surface area (Å²) in [6.07, 6.45) is 0.169. The first-order chi connectivity index (χ1) is 9.01. The fourth-order valence-corrected chi connectivity index (χ4v) is 2.73. The van der Waals surface area contributed by atoms with Crippen molar-refractivity contribution in [3.63, 3.8) is 0 Å². The molecule has 1 heterocycles. The van der Waals surface area contributed by atoms with E-state index in [1.807, 2.05) is 30.3 Å². The Morgan fingerprint density at radius 1 is 1.16 bits per heavy atom. The SMILES string of the molecule is CC1Nc2ccc(N)cc2[N+]1(C)c1ccc(F)cc1. The topological polar surface area (TPSA) is 38.0 Å². The summed E-state index contributed by atoms with van der Waals surface area (Å²) in [6.45, 7) is 2.11. The van der Waals surface area contributed by atoms with E-state index >= 15 is 0 Å². The fourth-order valence-electron chi connectivity index (χ4n) is 2.73. The zero-order chi connectivity index (χ0) is 13.6. The molecule has 0 saturated carbocycles. The van der Waals surface area contributed by atoms with Crippen molar-refractivity contribution in [2.45, 2.75) is 13.1 Å². The molecular weight excluding hydrogens is 241 g/mol. The van der Waals surface area contributed by atoms with Crippen LogP contribution in [-0.4, -0.2) is 13.2 Å². The predicted molar refractivity (Wildman–Crippen MR) is 77.7 cm³/mol. The van der Waals surface area contributed by atoms with E-state index in [4.69, 9.17) is 5.73 Å². The molecule has 0 aromatic heterocycles. The van der Waals surface area contributed by atoms with E-state index in [-0.39, 0.29) is 12.0 Å². The molecule has 4 heteroatoms. The monoisotopic (exact) mass is 258 g/mol. The number of fused-ring (bicyclic) bond motifs is 1. The Bertz CT molecular complexity index is 624. The molecule has 19 heavy (non-hydrogen) atoms. The van der Waals surface area contributed by atoms with Crippen molar-refractivity contribution in [2.75, 3.05) is 18.1 Å². The van der Waals surface area contributed by atoms with Gasteiger partial charge in [0.2, 0.25) is 0 Å². The highest BCUT2D eigenvalue weighted by Gasteiger charge is 2.42. The molecule has 3 rings (SSSR count). The summed E-state index contributed by atoms with van der Waals surface area (Å²) >= 11 is 0. The quantitative estimate of drug-likeness (QED) is 0.607. The first-order valence-corrected chi connectivity index (χ1v) is 6.31. The lowest BCUT2D eigenvalue weighted by Crippen LogP contribution is -2.46. The minimum atomic E-state index is -0.219. The smallest absolute Gasteiger partial charge is 0.168 e. The van der Waals surface area contributed by atoms with Crippen molar-refractivity contribution in [3.8, 4) is 0 Å². The molecule has 2 atom stereocenters. The number of benzene rings is 2. The van der Waals surface area contributed by atoms with E-state index in [2.05, 4.69) is 19.3 Å². The van der Waals surface area contributed by atoms with Gasteiger partial charge in [-0.2, -0.15) is 0 Å². The van der Waals surface area contributed by atoms with Gasteiger partial charge in [-0.3, -0.25) is 0 Å². The van der Waals surface area contributed by atoms with Crippen molar-refractivity contribution < 1.29 is 4.39 Å². The van der Waals surface area contributed by atoms with E-state index in [0.717, 1.165) is 22.7 Å². The Morgan fingerprint density at radius 3 is 2.53 bits per heavy atom. The lowest BCUT2D eigenvalue weighted by molar-refractivity contribution is 0.411. The molecule has 0 saturated heterocycles. The van der Waals surface area contributed by atoms with Crippen molar-refractivity contribution in [2.24, 2.45) is 0 Å². The number of nitrogen functional groups attached to an aromatic ring is 1. The molecule has 0 fully saturated rings. The van der Waals surface area contributed by atoms with Gasteiger partial charge in [-0.05, 0) is 24.3 Å². The number of hydrogen-bond acceptors (Lipinski definition) is 2. The molecule has 0 spiro atoms. The van der Waals surface area contributed by atoms with E-state index in [1.165, 1.54) is 12.1 Å². The highest BCUT2D eigenvalue weighted by molar-refractivity contribution is 5.80. The second-order valence-electron chi connectivity index (χ2n) is 5.15. The summed E-state index contributed by atoms with van der Waals surface area (Å²) in [4.78, 5) is 0. The number of hydrogen-bond donors (Lipinski definition) is 2. The van der Waals surface area contributed by atoms with Gasteiger partial charge in [0.1, 0.15) is 17.2 Å². The van der Waals surface area contributed by atoms with Crippen LogP contribution in [0.3, 0.4) is 0 Å². The van der Waals surface area contributed by atoms with Crippen LogP contribution in [0.5, 0.6) is 0 Å². The average molecular weight is 258 g/mol. The number of quaternary nitrogens is 1. The Kier molecular flexibility index (Phi) is 2.50. The molecule has 0 aliphatic carbocycles. The third-order valence-corrected chi connectivity index (χ3v) is 4.02. The lowest BCUT2D eigenvalue weighted by atomic mass is 10.1. The Labute approximate surface area is 112 Å². The molecule has 0 bridgehead atoms. The number of halogens is 1. The number of anilines is 2. The van der Waals surface area contributed by atoms with Crippen LogP contribution < -0.4 is 15.5 Å². The van der Waals surface area contributed by atoms with Crippen LogP contribution in [-0.2, 0) is 0 Å². The maximum Gasteiger partial charge on any atom is 0.168 e. The van der Waals surface area contributed by atoms with Crippen LogP contribution in [0.2, 0.25) is 0 Å². The highest BCUT2D eigenvalue weighted by atomic mass is 19.1. The fraction of sp³-hybridized carbons (Fsp3) is 0.200. The second kappa shape index (κ2) is 3.96. The third kappa shape index (κ3) is 1.68. The largest absolute Gasteiger partial charge is 0.399 e. The van der Waals surface area contributed by atoms with Crippen molar-refractivity contribution in [3.05, 3.63) is 48.3 Å². The first-order valence-electron chi connectivity index (χ1n) is 6.31. The van der Waals surface area contributed by atoms with Gasteiger partial charge in [0.15, 0.2) is 11.9 Å². The minimum Gasteiger partial charge on any atom is -0.399 e. The Hall–Kier alpha value is -2.07. The molecular formula is C15H17FN3+.